The summed E-state index contributed by atoms with van der Waals surface area (Å²) in [5.74, 6) is 0.473. The van der Waals surface area contributed by atoms with Crippen LogP contribution in [0.15, 0.2) is 29.2 Å². The van der Waals surface area contributed by atoms with Crippen LogP contribution < -0.4 is 0 Å². The highest BCUT2D eigenvalue weighted by Gasteiger charge is 2.30. The van der Waals surface area contributed by atoms with E-state index in [1.807, 2.05) is 19.1 Å². The van der Waals surface area contributed by atoms with Crippen LogP contribution in [0, 0.1) is 0 Å². The molecular formula is C16H25NO2S. The van der Waals surface area contributed by atoms with Gasteiger partial charge in [-0.05, 0) is 49.8 Å². The first-order valence-corrected chi connectivity index (χ1v) is 9.02. The van der Waals surface area contributed by atoms with Crippen LogP contribution in [0.5, 0.6) is 0 Å². The molecule has 2 rings (SSSR count). The average molecular weight is 295 g/mol. The van der Waals surface area contributed by atoms with Gasteiger partial charge in [-0.15, -0.1) is 0 Å². The molecular weight excluding hydrogens is 270 g/mol. The lowest BCUT2D eigenvalue weighted by Crippen LogP contribution is -2.41. The van der Waals surface area contributed by atoms with E-state index in [4.69, 9.17) is 0 Å². The predicted molar refractivity (Wildman–Crippen MR) is 82.4 cm³/mol. The van der Waals surface area contributed by atoms with Gasteiger partial charge in [-0.3, -0.25) is 0 Å². The molecule has 1 heterocycles. The van der Waals surface area contributed by atoms with Crippen molar-refractivity contribution >= 4 is 10.0 Å². The van der Waals surface area contributed by atoms with Gasteiger partial charge in [0.2, 0.25) is 10.0 Å². The normalized spacial score (nSPS) is 22.6. The van der Waals surface area contributed by atoms with Crippen molar-refractivity contribution < 1.29 is 8.42 Å². The molecule has 0 saturated carbocycles. The fourth-order valence-electron chi connectivity index (χ4n) is 2.77. The number of piperidine rings is 1. The standard InChI is InChI=1S/C16H25NO2S/c1-4-13(2)15-8-10-16(11-9-15)20(18,19)17-12-6-5-7-14(17)3/h8-11,13-14H,4-7,12H2,1-3H3/t13-,14+/m1/s1. The van der Waals surface area contributed by atoms with Crippen molar-refractivity contribution in [2.75, 3.05) is 6.54 Å². The molecule has 4 heteroatoms. The molecule has 0 bridgehead atoms. The minimum absolute atomic E-state index is 0.114. The molecule has 1 saturated heterocycles. The topological polar surface area (TPSA) is 37.4 Å². The third-order valence-electron chi connectivity index (χ3n) is 4.41. The second kappa shape index (κ2) is 6.27. The van der Waals surface area contributed by atoms with Gasteiger partial charge in [-0.2, -0.15) is 4.31 Å². The molecule has 0 unspecified atom stereocenters. The summed E-state index contributed by atoms with van der Waals surface area (Å²) < 4.78 is 27.0. The van der Waals surface area contributed by atoms with Crippen LogP contribution in [0.25, 0.3) is 0 Å². The number of hydrogen-bond acceptors (Lipinski definition) is 2. The number of hydrogen-bond donors (Lipinski definition) is 0. The molecule has 0 amide bonds. The molecule has 1 aliphatic rings. The lowest BCUT2D eigenvalue weighted by Gasteiger charge is -2.32. The molecule has 0 aliphatic carbocycles. The fraction of sp³-hybridized carbons (Fsp3) is 0.625. The minimum atomic E-state index is -3.33. The Morgan fingerprint density at radius 1 is 1.25 bits per heavy atom. The maximum Gasteiger partial charge on any atom is 0.243 e. The summed E-state index contributed by atoms with van der Waals surface area (Å²) >= 11 is 0. The zero-order valence-corrected chi connectivity index (χ0v) is 13.5. The van der Waals surface area contributed by atoms with Crippen LogP contribution in [0.1, 0.15) is 57.9 Å². The first kappa shape index (κ1) is 15.5. The van der Waals surface area contributed by atoms with E-state index in [2.05, 4.69) is 13.8 Å². The number of sulfonamides is 1. The van der Waals surface area contributed by atoms with Gasteiger partial charge in [0.05, 0.1) is 4.90 Å². The van der Waals surface area contributed by atoms with Gasteiger partial charge in [0.25, 0.3) is 0 Å². The summed E-state index contributed by atoms with van der Waals surface area (Å²) in [6.45, 7) is 6.96. The van der Waals surface area contributed by atoms with Crippen LogP contribution in [-0.4, -0.2) is 25.3 Å². The maximum atomic E-state index is 12.7. The monoisotopic (exact) mass is 295 g/mol. The van der Waals surface area contributed by atoms with Crippen molar-refractivity contribution in [3.63, 3.8) is 0 Å². The van der Waals surface area contributed by atoms with Gasteiger partial charge in [0.1, 0.15) is 0 Å². The van der Waals surface area contributed by atoms with Gasteiger partial charge in [-0.25, -0.2) is 8.42 Å². The number of nitrogens with zero attached hydrogens (tertiary/aromatic N) is 1. The Kier molecular flexibility index (Phi) is 4.86. The van der Waals surface area contributed by atoms with Gasteiger partial charge in [0.15, 0.2) is 0 Å². The molecule has 112 valence electrons. The second-order valence-electron chi connectivity index (χ2n) is 5.84. The third-order valence-corrected chi connectivity index (χ3v) is 6.44. The van der Waals surface area contributed by atoms with E-state index in [-0.39, 0.29) is 6.04 Å². The summed E-state index contributed by atoms with van der Waals surface area (Å²) in [6, 6.07) is 7.55. The smallest absolute Gasteiger partial charge is 0.207 e. The molecule has 20 heavy (non-hydrogen) atoms. The van der Waals surface area contributed by atoms with E-state index < -0.39 is 10.0 Å². The van der Waals surface area contributed by atoms with Crippen LogP contribution in [-0.2, 0) is 10.0 Å². The second-order valence-corrected chi connectivity index (χ2v) is 7.73. The quantitative estimate of drug-likeness (QED) is 0.848. The molecule has 1 fully saturated rings. The van der Waals surface area contributed by atoms with Gasteiger partial charge < -0.3 is 0 Å². The first-order chi connectivity index (χ1) is 9.46. The minimum Gasteiger partial charge on any atom is -0.207 e. The summed E-state index contributed by atoms with van der Waals surface area (Å²) in [6.07, 6.45) is 4.12. The summed E-state index contributed by atoms with van der Waals surface area (Å²) in [5.41, 5.74) is 1.21. The van der Waals surface area contributed by atoms with E-state index in [9.17, 15) is 8.42 Å². The fourth-order valence-corrected chi connectivity index (χ4v) is 4.47. The van der Waals surface area contributed by atoms with E-state index in [0.29, 0.717) is 17.4 Å². The first-order valence-electron chi connectivity index (χ1n) is 7.58. The van der Waals surface area contributed by atoms with Gasteiger partial charge >= 0.3 is 0 Å². The van der Waals surface area contributed by atoms with Crippen LogP contribution in [0.4, 0.5) is 0 Å². The Morgan fingerprint density at radius 2 is 1.90 bits per heavy atom. The van der Waals surface area contributed by atoms with Crippen molar-refractivity contribution in [2.24, 2.45) is 0 Å². The zero-order valence-electron chi connectivity index (χ0n) is 12.7. The summed E-state index contributed by atoms with van der Waals surface area (Å²) in [4.78, 5) is 0.429. The van der Waals surface area contributed by atoms with Crippen LogP contribution in [0.3, 0.4) is 0 Å². The van der Waals surface area contributed by atoms with Crippen molar-refractivity contribution in [3.8, 4) is 0 Å². The maximum absolute atomic E-state index is 12.7. The summed E-state index contributed by atoms with van der Waals surface area (Å²) in [7, 11) is -3.33. The molecule has 1 aliphatic heterocycles. The van der Waals surface area contributed by atoms with E-state index in [0.717, 1.165) is 25.7 Å². The molecule has 2 atom stereocenters. The van der Waals surface area contributed by atoms with Crippen molar-refractivity contribution in [3.05, 3.63) is 29.8 Å². The third kappa shape index (κ3) is 3.07. The highest BCUT2D eigenvalue weighted by atomic mass is 32.2. The van der Waals surface area contributed by atoms with Crippen LogP contribution in [0.2, 0.25) is 0 Å². The molecule has 1 aromatic rings. The SMILES string of the molecule is CC[C@@H](C)c1ccc(S(=O)(=O)N2CCCC[C@@H]2C)cc1. The van der Waals surface area contributed by atoms with Gasteiger partial charge in [-0.1, -0.05) is 32.4 Å². The van der Waals surface area contributed by atoms with E-state index >= 15 is 0 Å². The van der Waals surface area contributed by atoms with Gasteiger partial charge in [0, 0.05) is 12.6 Å². The average Bonchev–Trinajstić information content (AvgIpc) is 2.47. The van der Waals surface area contributed by atoms with E-state index in [1.165, 1.54) is 5.56 Å². The predicted octanol–water partition coefficient (Wildman–Crippen LogP) is 3.76. The van der Waals surface area contributed by atoms with Crippen molar-refractivity contribution in [1.29, 1.82) is 0 Å². The Labute approximate surface area is 123 Å². The molecule has 1 aromatic carbocycles. The molecule has 0 aromatic heterocycles. The molecule has 0 N–H and O–H groups in total. The highest BCUT2D eigenvalue weighted by Crippen LogP contribution is 2.26. The lowest BCUT2D eigenvalue weighted by atomic mass is 9.99. The van der Waals surface area contributed by atoms with Crippen molar-refractivity contribution in [2.45, 2.75) is 63.3 Å². The Hall–Kier alpha value is -0.870. The van der Waals surface area contributed by atoms with Crippen LogP contribution >= 0.6 is 0 Å². The zero-order chi connectivity index (χ0) is 14.8. The lowest BCUT2D eigenvalue weighted by molar-refractivity contribution is 0.268. The Balaban J connectivity index is 2.25. The largest absolute Gasteiger partial charge is 0.243 e. The molecule has 0 radical (unpaired) electrons. The highest BCUT2D eigenvalue weighted by molar-refractivity contribution is 7.89. The van der Waals surface area contributed by atoms with E-state index in [1.54, 1.807) is 16.4 Å². The summed E-state index contributed by atoms with van der Waals surface area (Å²) in [5, 5.41) is 0. The molecule has 0 spiro atoms. The number of rotatable bonds is 4. The number of benzene rings is 1. The molecule has 3 nitrogen and oxygen atoms in total. The van der Waals surface area contributed by atoms with Crippen molar-refractivity contribution in [1.82, 2.24) is 4.31 Å². The Morgan fingerprint density at radius 3 is 2.45 bits per heavy atom. The Bertz CT molecular complexity index is 536.